The summed E-state index contributed by atoms with van der Waals surface area (Å²) in [5.41, 5.74) is 1.62. The molecule has 0 heterocycles. The molecular formula is C11H13F5N2O. The molecule has 1 rings (SSSR count). The number of nitrogens with two attached hydrogens (primary N) is 1. The van der Waals surface area contributed by atoms with Gasteiger partial charge in [0.15, 0.2) is 0 Å². The van der Waals surface area contributed by atoms with Crippen LogP contribution in [0.25, 0.3) is 0 Å². The van der Waals surface area contributed by atoms with E-state index in [1.807, 2.05) is 0 Å². The predicted molar refractivity (Wildman–Crippen MR) is 58.9 cm³/mol. The van der Waals surface area contributed by atoms with E-state index in [1.165, 1.54) is 6.92 Å². The molecule has 3 nitrogen and oxygen atoms in total. The molecule has 0 aromatic carbocycles. The predicted octanol–water partition coefficient (Wildman–Crippen LogP) is 2.32. The summed E-state index contributed by atoms with van der Waals surface area (Å²) in [5, 5.41) is 0. The summed E-state index contributed by atoms with van der Waals surface area (Å²) in [7, 11) is 0. The van der Waals surface area contributed by atoms with E-state index in [-0.39, 0.29) is 6.29 Å². The summed E-state index contributed by atoms with van der Waals surface area (Å²) in [6, 6.07) is 0. The summed E-state index contributed by atoms with van der Waals surface area (Å²) < 4.78 is 65.5. The molecule has 1 fully saturated rings. The van der Waals surface area contributed by atoms with Crippen molar-refractivity contribution in [1.29, 1.82) is 0 Å². The van der Waals surface area contributed by atoms with Gasteiger partial charge in [0.1, 0.15) is 17.7 Å². The van der Waals surface area contributed by atoms with Crippen molar-refractivity contribution in [2.24, 2.45) is 22.6 Å². The van der Waals surface area contributed by atoms with Crippen molar-refractivity contribution in [3.05, 3.63) is 11.3 Å². The number of aldehydes is 1. The third-order valence-corrected chi connectivity index (χ3v) is 3.27. The Kier molecular flexibility index (Phi) is 4.02. The molecule has 0 aromatic heterocycles. The lowest BCUT2D eigenvalue weighted by Crippen LogP contribution is -2.31. The first-order valence-corrected chi connectivity index (χ1v) is 5.48. The van der Waals surface area contributed by atoms with E-state index < -0.39 is 47.5 Å². The Morgan fingerprint density at radius 1 is 1.42 bits per heavy atom. The number of allylic oxidation sites excluding steroid dienone is 2. The first-order chi connectivity index (χ1) is 8.55. The normalized spacial score (nSPS) is 31.6. The lowest BCUT2D eigenvalue weighted by molar-refractivity contribution is -0.106. The van der Waals surface area contributed by atoms with Gasteiger partial charge >= 0.3 is 6.18 Å². The maximum absolute atomic E-state index is 13.9. The lowest BCUT2D eigenvalue weighted by atomic mass is 9.95. The number of carbonyl (C=O) groups is 1. The molecule has 1 saturated carbocycles. The van der Waals surface area contributed by atoms with Crippen LogP contribution in [-0.4, -0.2) is 30.6 Å². The molecule has 1 aliphatic rings. The molecule has 0 aliphatic heterocycles. The third-order valence-electron chi connectivity index (χ3n) is 3.27. The van der Waals surface area contributed by atoms with Crippen molar-refractivity contribution in [3.63, 3.8) is 0 Å². The van der Waals surface area contributed by atoms with Gasteiger partial charge in [-0.2, -0.15) is 22.0 Å². The summed E-state index contributed by atoms with van der Waals surface area (Å²) in [4.78, 5) is 13.5. The van der Waals surface area contributed by atoms with Gasteiger partial charge in [-0.05, 0) is 5.92 Å². The van der Waals surface area contributed by atoms with Gasteiger partial charge < -0.3 is 10.5 Å². The molecule has 0 saturated heterocycles. The van der Waals surface area contributed by atoms with E-state index in [4.69, 9.17) is 5.73 Å². The quantitative estimate of drug-likeness (QED) is 0.625. The Balaban J connectivity index is 3.48. The van der Waals surface area contributed by atoms with Gasteiger partial charge in [-0.15, -0.1) is 0 Å². The summed E-state index contributed by atoms with van der Waals surface area (Å²) in [6.07, 6.45) is -4.68. The van der Waals surface area contributed by atoms with Crippen LogP contribution in [0.2, 0.25) is 0 Å². The van der Waals surface area contributed by atoms with Gasteiger partial charge in [-0.25, -0.2) is 0 Å². The smallest absolute Gasteiger partial charge is 0.394 e. The van der Waals surface area contributed by atoms with Crippen molar-refractivity contribution in [3.8, 4) is 0 Å². The van der Waals surface area contributed by atoms with Gasteiger partial charge in [0.25, 0.3) is 5.92 Å². The standard InChI is InChI=1S/C11H13F5N2O/c1-5-6(2)10(12,13)9(18-3-4-19)7(5)8(17)11(14,15)16/h4-6H,3,17H2,1-2H3. The fourth-order valence-corrected chi connectivity index (χ4v) is 2.02. The highest BCUT2D eigenvalue weighted by Crippen LogP contribution is 2.47. The molecule has 108 valence electrons. The van der Waals surface area contributed by atoms with Gasteiger partial charge in [0, 0.05) is 11.5 Å². The minimum atomic E-state index is -4.91. The fourth-order valence-electron chi connectivity index (χ4n) is 2.02. The fraction of sp³-hybridized carbons (Fsp3) is 0.636. The second kappa shape index (κ2) is 4.90. The Morgan fingerprint density at radius 2 is 1.95 bits per heavy atom. The minimum Gasteiger partial charge on any atom is -0.394 e. The molecule has 2 N–H and O–H groups in total. The average Bonchev–Trinajstić information content (AvgIpc) is 2.45. The monoisotopic (exact) mass is 284 g/mol. The van der Waals surface area contributed by atoms with Crippen LogP contribution in [-0.2, 0) is 4.79 Å². The molecule has 0 aromatic rings. The second-order valence-electron chi connectivity index (χ2n) is 4.38. The zero-order valence-electron chi connectivity index (χ0n) is 10.3. The largest absolute Gasteiger partial charge is 0.431 e. The molecule has 19 heavy (non-hydrogen) atoms. The maximum atomic E-state index is 13.9. The molecule has 2 unspecified atom stereocenters. The maximum Gasteiger partial charge on any atom is 0.431 e. The Bertz CT molecular complexity index is 439. The second-order valence-corrected chi connectivity index (χ2v) is 4.38. The van der Waals surface area contributed by atoms with Crippen molar-refractivity contribution >= 4 is 12.0 Å². The first kappa shape index (κ1) is 15.6. The number of aliphatic imine (C=N–C) groups is 1. The van der Waals surface area contributed by atoms with Crippen LogP contribution in [0, 0.1) is 11.8 Å². The number of hydrogen-bond acceptors (Lipinski definition) is 3. The molecule has 0 radical (unpaired) electrons. The van der Waals surface area contributed by atoms with E-state index >= 15 is 0 Å². The number of rotatable bonds is 2. The minimum absolute atomic E-state index is 0.234. The van der Waals surface area contributed by atoms with Crippen LogP contribution < -0.4 is 5.73 Å². The van der Waals surface area contributed by atoms with Gasteiger partial charge in [0.05, 0.1) is 6.54 Å². The topological polar surface area (TPSA) is 55.4 Å². The molecule has 0 spiro atoms. The van der Waals surface area contributed by atoms with Gasteiger partial charge in [-0.3, -0.25) is 4.99 Å². The van der Waals surface area contributed by atoms with Crippen molar-refractivity contribution in [2.75, 3.05) is 6.54 Å². The Morgan fingerprint density at radius 3 is 2.37 bits per heavy atom. The van der Waals surface area contributed by atoms with Crippen LogP contribution in [0.5, 0.6) is 0 Å². The highest BCUT2D eigenvalue weighted by molar-refractivity contribution is 6.09. The molecule has 2 atom stereocenters. The van der Waals surface area contributed by atoms with Gasteiger partial charge in [-0.1, -0.05) is 13.8 Å². The highest BCUT2D eigenvalue weighted by atomic mass is 19.4. The summed E-state index contributed by atoms with van der Waals surface area (Å²) in [5.74, 6) is -6.00. The molecule has 0 bridgehead atoms. The van der Waals surface area contributed by atoms with Gasteiger partial charge in [0.2, 0.25) is 0 Å². The lowest BCUT2D eigenvalue weighted by Gasteiger charge is -2.16. The van der Waals surface area contributed by atoms with E-state index in [1.54, 1.807) is 0 Å². The molecule has 0 amide bonds. The van der Waals surface area contributed by atoms with E-state index in [9.17, 15) is 26.7 Å². The Hall–Kier alpha value is -1.47. The number of alkyl halides is 5. The van der Waals surface area contributed by atoms with E-state index in [2.05, 4.69) is 4.99 Å². The molecular weight excluding hydrogens is 271 g/mol. The van der Waals surface area contributed by atoms with Crippen LogP contribution >= 0.6 is 0 Å². The van der Waals surface area contributed by atoms with E-state index in [0.29, 0.717) is 0 Å². The SMILES string of the molecule is CC1C(=C(N)C(F)(F)F)C(=NCC=O)C(F)(F)C1C. The number of hydrogen-bond donors (Lipinski definition) is 1. The first-order valence-electron chi connectivity index (χ1n) is 5.48. The van der Waals surface area contributed by atoms with Crippen molar-refractivity contribution in [1.82, 2.24) is 0 Å². The number of nitrogens with zero attached hydrogens (tertiary/aromatic N) is 1. The average molecular weight is 284 g/mol. The number of halogens is 5. The van der Waals surface area contributed by atoms with Crippen molar-refractivity contribution in [2.45, 2.75) is 25.9 Å². The zero-order chi connectivity index (χ0) is 15.0. The number of carbonyl (C=O) groups excluding carboxylic acids is 1. The molecule has 8 heteroatoms. The molecule has 1 aliphatic carbocycles. The Labute approximate surface area is 106 Å². The van der Waals surface area contributed by atoms with Crippen LogP contribution in [0.1, 0.15) is 13.8 Å². The third kappa shape index (κ3) is 2.62. The van der Waals surface area contributed by atoms with Crippen LogP contribution in [0.4, 0.5) is 22.0 Å². The van der Waals surface area contributed by atoms with Crippen LogP contribution in [0.3, 0.4) is 0 Å². The van der Waals surface area contributed by atoms with E-state index in [0.717, 1.165) is 6.92 Å². The zero-order valence-corrected chi connectivity index (χ0v) is 10.3. The van der Waals surface area contributed by atoms with Crippen LogP contribution in [0.15, 0.2) is 16.3 Å². The highest BCUT2D eigenvalue weighted by Gasteiger charge is 2.56. The summed E-state index contributed by atoms with van der Waals surface area (Å²) >= 11 is 0. The summed E-state index contributed by atoms with van der Waals surface area (Å²) in [6.45, 7) is 1.73. The van der Waals surface area contributed by atoms with Crippen molar-refractivity contribution < 1.29 is 26.7 Å².